The zero-order valence-electron chi connectivity index (χ0n) is 7.62. The predicted molar refractivity (Wildman–Crippen MR) is 46.3 cm³/mol. The lowest BCUT2D eigenvalue weighted by molar-refractivity contribution is -0.139. The number of carboxylic acids is 1. The van der Waals surface area contributed by atoms with E-state index >= 15 is 0 Å². The smallest absolute Gasteiger partial charge is 0.317 e. The molecule has 0 saturated carbocycles. The highest BCUT2D eigenvalue weighted by molar-refractivity contribution is 5.82. The van der Waals surface area contributed by atoms with Gasteiger partial charge in [-0.15, -0.1) is 0 Å². The number of likely N-dealkylation sites (N-methyl/N-ethyl adjacent to an activating group) is 1. The highest BCUT2D eigenvalue weighted by Crippen LogP contribution is 2.16. The first-order valence-electron chi connectivity index (χ1n) is 4.32. The van der Waals surface area contributed by atoms with Crippen LogP contribution in [0.2, 0.25) is 0 Å². The molecule has 1 aliphatic rings. The van der Waals surface area contributed by atoms with Crippen molar-refractivity contribution in [2.45, 2.75) is 18.9 Å². The SMILES string of the molecule is CNC(=O)C1CCCN1CC(=O)O. The maximum Gasteiger partial charge on any atom is 0.317 e. The average Bonchev–Trinajstić information content (AvgIpc) is 2.50. The minimum Gasteiger partial charge on any atom is -0.480 e. The van der Waals surface area contributed by atoms with Gasteiger partial charge in [-0.25, -0.2) is 0 Å². The van der Waals surface area contributed by atoms with E-state index in [1.165, 1.54) is 0 Å². The van der Waals surface area contributed by atoms with Crippen LogP contribution in [0, 0.1) is 0 Å². The van der Waals surface area contributed by atoms with Crippen LogP contribution in [0.1, 0.15) is 12.8 Å². The van der Waals surface area contributed by atoms with Gasteiger partial charge in [0.25, 0.3) is 0 Å². The van der Waals surface area contributed by atoms with Gasteiger partial charge >= 0.3 is 5.97 Å². The number of nitrogens with zero attached hydrogens (tertiary/aromatic N) is 1. The highest BCUT2D eigenvalue weighted by Gasteiger charge is 2.30. The zero-order chi connectivity index (χ0) is 9.84. The first-order valence-corrected chi connectivity index (χ1v) is 4.32. The molecule has 0 aliphatic carbocycles. The molecule has 5 heteroatoms. The third kappa shape index (κ3) is 2.42. The van der Waals surface area contributed by atoms with Gasteiger partial charge in [-0.05, 0) is 19.4 Å². The lowest BCUT2D eigenvalue weighted by Crippen LogP contribution is -2.43. The third-order valence-corrected chi connectivity index (χ3v) is 2.25. The van der Waals surface area contributed by atoms with Crippen molar-refractivity contribution in [2.24, 2.45) is 0 Å². The number of nitrogens with one attached hydrogen (secondary N) is 1. The molecule has 0 radical (unpaired) electrons. The van der Waals surface area contributed by atoms with Crippen molar-refractivity contribution < 1.29 is 14.7 Å². The fraction of sp³-hybridized carbons (Fsp3) is 0.750. The molecule has 0 spiro atoms. The fourth-order valence-electron chi connectivity index (χ4n) is 1.65. The van der Waals surface area contributed by atoms with E-state index in [9.17, 15) is 9.59 Å². The van der Waals surface area contributed by atoms with Crippen LogP contribution in [0.3, 0.4) is 0 Å². The topological polar surface area (TPSA) is 69.6 Å². The van der Waals surface area contributed by atoms with Gasteiger partial charge in [0.05, 0.1) is 12.6 Å². The summed E-state index contributed by atoms with van der Waals surface area (Å²) in [5.41, 5.74) is 0. The van der Waals surface area contributed by atoms with Crippen LogP contribution in [-0.2, 0) is 9.59 Å². The van der Waals surface area contributed by atoms with Gasteiger partial charge < -0.3 is 10.4 Å². The Balaban J connectivity index is 2.53. The van der Waals surface area contributed by atoms with Crippen molar-refractivity contribution >= 4 is 11.9 Å². The number of likely N-dealkylation sites (tertiary alicyclic amines) is 1. The minimum absolute atomic E-state index is 0.0436. The second-order valence-corrected chi connectivity index (χ2v) is 3.14. The highest BCUT2D eigenvalue weighted by atomic mass is 16.4. The summed E-state index contributed by atoms with van der Waals surface area (Å²) < 4.78 is 0. The van der Waals surface area contributed by atoms with E-state index in [2.05, 4.69) is 5.32 Å². The van der Waals surface area contributed by atoms with E-state index in [4.69, 9.17) is 5.11 Å². The van der Waals surface area contributed by atoms with E-state index in [-0.39, 0.29) is 18.5 Å². The molecule has 2 N–H and O–H groups in total. The second kappa shape index (κ2) is 4.23. The molecule has 1 unspecified atom stereocenters. The lowest BCUT2D eigenvalue weighted by Gasteiger charge is -2.20. The maximum atomic E-state index is 11.3. The summed E-state index contributed by atoms with van der Waals surface area (Å²) in [6.07, 6.45) is 1.65. The molecule has 1 heterocycles. The van der Waals surface area contributed by atoms with Gasteiger partial charge in [0.1, 0.15) is 0 Å². The lowest BCUT2D eigenvalue weighted by atomic mass is 10.2. The maximum absolute atomic E-state index is 11.3. The van der Waals surface area contributed by atoms with Gasteiger partial charge in [0, 0.05) is 7.05 Å². The van der Waals surface area contributed by atoms with E-state index in [0.29, 0.717) is 6.54 Å². The van der Waals surface area contributed by atoms with Gasteiger partial charge in [-0.1, -0.05) is 0 Å². The first kappa shape index (κ1) is 9.98. The summed E-state index contributed by atoms with van der Waals surface area (Å²) in [6, 6.07) is -0.249. The number of carbonyl (C=O) groups is 2. The van der Waals surface area contributed by atoms with Crippen molar-refractivity contribution in [1.29, 1.82) is 0 Å². The summed E-state index contributed by atoms with van der Waals surface area (Å²) in [4.78, 5) is 23.4. The standard InChI is InChI=1S/C8H14N2O3/c1-9-8(13)6-3-2-4-10(6)5-7(11)12/h6H,2-5H2,1H3,(H,9,13)(H,11,12). The second-order valence-electron chi connectivity index (χ2n) is 3.14. The summed E-state index contributed by atoms with van der Waals surface area (Å²) >= 11 is 0. The fourth-order valence-corrected chi connectivity index (χ4v) is 1.65. The molecule has 0 aromatic rings. The summed E-state index contributed by atoms with van der Waals surface area (Å²) in [5, 5.41) is 11.1. The average molecular weight is 186 g/mol. The molecular weight excluding hydrogens is 172 g/mol. The van der Waals surface area contributed by atoms with Crippen molar-refractivity contribution in [3.8, 4) is 0 Å². The normalized spacial score (nSPS) is 23.0. The largest absolute Gasteiger partial charge is 0.480 e. The van der Waals surface area contributed by atoms with Crippen molar-refractivity contribution in [2.75, 3.05) is 20.1 Å². The monoisotopic (exact) mass is 186 g/mol. The van der Waals surface area contributed by atoms with Crippen LogP contribution in [0.25, 0.3) is 0 Å². The van der Waals surface area contributed by atoms with E-state index in [1.54, 1.807) is 11.9 Å². The molecule has 1 fully saturated rings. The molecular formula is C8H14N2O3. The Kier molecular flexibility index (Phi) is 3.25. The number of aliphatic carboxylic acids is 1. The summed E-state index contributed by atoms with van der Waals surface area (Å²) in [5.74, 6) is -0.963. The zero-order valence-corrected chi connectivity index (χ0v) is 7.62. The molecule has 0 aromatic carbocycles. The molecule has 0 bridgehead atoms. The van der Waals surface area contributed by atoms with Crippen LogP contribution >= 0.6 is 0 Å². The van der Waals surface area contributed by atoms with Crippen LogP contribution in [0.4, 0.5) is 0 Å². The Morgan fingerprint density at radius 2 is 2.31 bits per heavy atom. The quantitative estimate of drug-likeness (QED) is 0.610. The number of carbonyl (C=O) groups excluding carboxylic acids is 1. The van der Waals surface area contributed by atoms with Crippen molar-refractivity contribution in [3.63, 3.8) is 0 Å². The molecule has 1 saturated heterocycles. The molecule has 1 rings (SSSR count). The number of carboxylic acid groups (broad SMARTS) is 1. The summed E-state index contributed by atoms with van der Waals surface area (Å²) in [7, 11) is 1.57. The van der Waals surface area contributed by atoms with E-state index in [0.717, 1.165) is 12.8 Å². The van der Waals surface area contributed by atoms with Crippen LogP contribution in [-0.4, -0.2) is 48.1 Å². The van der Waals surface area contributed by atoms with Gasteiger partial charge in [-0.2, -0.15) is 0 Å². The number of hydrogen-bond acceptors (Lipinski definition) is 3. The van der Waals surface area contributed by atoms with Crippen molar-refractivity contribution in [1.82, 2.24) is 10.2 Å². The van der Waals surface area contributed by atoms with Gasteiger partial charge in [0.2, 0.25) is 5.91 Å². The van der Waals surface area contributed by atoms with E-state index in [1.807, 2.05) is 0 Å². The molecule has 0 aromatic heterocycles. The molecule has 74 valence electrons. The first-order chi connectivity index (χ1) is 6.15. The Labute approximate surface area is 76.7 Å². The molecule has 1 amide bonds. The van der Waals surface area contributed by atoms with Crippen LogP contribution in [0.5, 0.6) is 0 Å². The molecule has 1 atom stereocenters. The van der Waals surface area contributed by atoms with Gasteiger partial charge in [0.15, 0.2) is 0 Å². The molecule has 1 aliphatic heterocycles. The van der Waals surface area contributed by atoms with E-state index < -0.39 is 5.97 Å². The van der Waals surface area contributed by atoms with Crippen LogP contribution in [0.15, 0.2) is 0 Å². The Morgan fingerprint density at radius 1 is 1.62 bits per heavy atom. The Morgan fingerprint density at radius 3 is 2.85 bits per heavy atom. The molecule has 13 heavy (non-hydrogen) atoms. The predicted octanol–water partition coefficient (Wildman–Crippen LogP) is -0.719. The third-order valence-electron chi connectivity index (χ3n) is 2.25. The Hall–Kier alpha value is -1.10. The van der Waals surface area contributed by atoms with Crippen molar-refractivity contribution in [3.05, 3.63) is 0 Å². The number of hydrogen-bond donors (Lipinski definition) is 2. The minimum atomic E-state index is -0.879. The van der Waals surface area contributed by atoms with Crippen LogP contribution < -0.4 is 5.32 Å². The Bertz CT molecular complexity index is 217. The molecule has 5 nitrogen and oxygen atoms in total. The summed E-state index contributed by atoms with van der Waals surface area (Å²) in [6.45, 7) is 0.655. The number of rotatable bonds is 3. The van der Waals surface area contributed by atoms with Gasteiger partial charge in [-0.3, -0.25) is 14.5 Å². The number of amides is 1.